The quantitative estimate of drug-likeness (QED) is 0.343. The summed E-state index contributed by atoms with van der Waals surface area (Å²) in [4.78, 5) is 16.5. The van der Waals surface area contributed by atoms with Gasteiger partial charge in [0.15, 0.2) is 16.7 Å². The smallest absolute Gasteiger partial charge is 0.250 e. The number of halogens is 1. The molecule has 0 saturated heterocycles. The number of benzene rings is 2. The second-order valence-corrected chi connectivity index (χ2v) is 7.37. The molecule has 3 aromatic rings. The number of aryl methyl sites for hydroxylation is 1. The number of fused-ring (bicyclic) bond motifs is 1. The molecule has 0 aliphatic rings. The molecule has 140 valence electrons. The Bertz CT molecular complexity index is 1020. The van der Waals surface area contributed by atoms with Gasteiger partial charge in [-0.3, -0.25) is 4.79 Å². The summed E-state index contributed by atoms with van der Waals surface area (Å²) in [6.07, 6.45) is 1.48. The van der Waals surface area contributed by atoms with E-state index >= 15 is 0 Å². The average molecular weight is 449 g/mol. The van der Waals surface area contributed by atoms with Gasteiger partial charge in [-0.25, -0.2) is 10.4 Å². The van der Waals surface area contributed by atoms with Gasteiger partial charge >= 0.3 is 0 Å². The summed E-state index contributed by atoms with van der Waals surface area (Å²) in [5.74, 6) is 0.275. The zero-order valence-corrected chi connectivity index (χ0v) is 17.0. The van der Waals surface area contributed by atoms with E-state index in [0.717, 1.165) is 16.2 Å². The highest BCUT2D eigenvalue weighted by molar-refractivity contribution is 9.10. The fourth-order valence-electron chi connectivity index (χ4n) is 2.42. The Kier molecular flexibility index (Phi) is 6.02. The molecule has 1 aromatic heterocycles. The van der Waals surface area contributed by atoms with Crippen molar-refractivity contribution in [3.8, 4) is 11.5 Å². The predicted molar refractivity (Wildman–Crippen MR) is 110 cm³/mol. The lowest BCUT2D eigenvalue weighted by Crippen LogP contribution is -2.19. The molecule has 2 aromatic carbocycles. The number of carbonyl (C=O) groups is 1. The minimum absolute atomic E-state index is 0.0116. The van der Waals surface area contributed by atoms with E-state index < -0.39 is 0 Å². The van der Waals surface area contributed by atoms with Gasteiger partial charge in [0.05, 0.1) is 34.6 Å². The number of nitrogens with one attached hydrogen (secondary N) is 1. The Labute approximate surface area is 168 Å². The van der Waals surface area contributed by atoms with Crippen LogP contribution >= 0.6 is 27.7 Å². The number of hydrogen-bond acceptors (Lipinski definition) is 6. The summed E-state index contributed by atoms with van der Waals surface area (Å²) in [5, 5.41) is 14.5. The van der Waals surface area contributed by atoms with Crippen LogP contribution in [0.2, 0.25) is 0 Å². The molecule has 0 atom stereocenters. The van der Waals surface area contributed by atoms with Crippen molar-refractivity contribution in [1.29, 1.82) is 0 Å². The van der Waals surface area contributed by atoms with Crippen LogP contribution in [0, 0.1) is 0 Å². The summed E-state index contributed by atoms with van der Waals surface area (Å²) in [7, 11) is 3.38. The van der Waals surface area contributed by atoms with Crippen molar-refractivity contribution in [3.63, 3.8) is 0 Å². The Hall–Kier alpha value is -2.52. The molecule has 1 amide bonds. The highest BCUT2D eigenvalue weighted by Crippen LogP contribution is 2.34. The molecule has 3 rings (SSSR count). The molecule has 0 fully saturated rings. The zero-order valence-electron chi connectivity index (χ0n) is 14.6. The van der Waals surface area contributed by atoms with Crippen LogP contribution in [0.1, 0.15) is 5.56 Å². The maximum Gasteiger partial charge on any atom is 0.250 e. The first-order valence-electron chi connectivity index (χ1n) is 7.92. The highest BCUT2D eigenvalue weighted by atomic mass is 79.9. The third kappa shape index (κ3) is 4.42. The standard InChI is InChI=1S/C18H17BrN4O3S/c1-23-14-6-4-3-5-13(14)21-18(23)27-10-16(24)22-20-9-11-7-12(19)17(25)15(8-11)26-2/h3-9,25H,10H2,1-2H3,(H,22,24)/b20-9+. The van der Waals surface area contributed by atoms with E-state index in [-0.39, 0.29) is 17.4 Å². The van der Waals surface area contributed by atoms with E-state index in [1.807, 2.05) is 35.9 Å². The molecule has 0 spiro atoms. The Balaban J connectivity index is 1.59. The summed E-state index contributed by atoms with van der Waals surface area (Å²) < 4.78 is 7.51. The van der Waals surface area contributed by atoms with Gasteiger partial charge in [0.1, 0.15) is 0 Å². The normalized spacial score (nSPS) is 11.2. The summed E-state index contributed by atoms with van der Waals surface area (Å²) >= 11 is 4.58. The van der Waals surface area contributed by atoms with Crippen molar-refractivity contribution >= 4 is 50.8 Å². The summed E-state index contributed by atoms with van der Waals surface area (Å²) in [6.45, 7) is 0. The lowest BCUT2D eigenvalue weighted by molar-refractivity contribution is -0.118. The molecule has 0 saturated carbocycles. The number of thioether (sulfide) groups is 1. The van der Waals surface area contributed by atoms with Crippen LogP contribution in [0.3, 0.4) is 0 Å². The number of hydrazone groups is 1. The molecular weight excluding hydrogens is 432 g/mol. The van der Waals surface area contributed by atoms with Crippen LogP contribution < -0.4 is 10.2 Å². The molecule has 27 heavy (non-hydrogen) atoms. The number of ether oxygens (including phenoxy) is 1. The molecule has 1 heterocycles. The van der Waals surface area contributed by atoms with E-state index in [4.69, 9.17) is 4.74 Å². The van der Waals surface area contributed by atoms with Crippen LogP contribution in [0.5, 0.6) is 11.5 Å². The SMILES string of the molecule is COc1cc(/C=N/NC(=O)CSc2nc3ccccc3n2C)cc(Br)c1O. The van der Waals surface area contributed by atoms with Gasteiger partial charge in [-0.05, 0) is 45.8 Å². The van der Waals surface area contributed by atoms with Crippen molar-refractivity contribution in [2.75, 3.05) is 12.9 Å². The second kappa shape index (κ2) is 8.45. The largest absolute Gasteiger partial charge is 0.503 e. The number of aromatic hydroxyl groups is 1. The lowest BCUT2D eigenvalue weighted by Gasteiger charge is -2.06. The first kappa shape index (κ1) is 19.2. The number of phenolic OH excluding ortho intramolecular Hbond substituents is 1. The number of carbonyl (C=O) groups excluding carboxylic acids is 1. The fourth-order valence-corrected chi connectivity index (χ4v) is 3.66. The Morgan fingerprint density at radius 3 is 2.96 bits per heavy atom. The maximum absolute atomic E-state index is 12.0. The average Bonchev–Trinajstić information content (AvgIpc) is 2.99. The predicted octanol–water partition coefficient (Wildman–Crippen LogP) is 3.29. The van der Waals surface area contributed by atoms with Gasteiger partial charge in [0.25, 0.3) is 5.91 Å². The van der Waals surface area contributed by atoms with Crippen LogP contribution in [-0.4, -0.2) is 39.6 Å². The molecule has 7 nitrogen and oxygen atoms in total. The van der Waals surface area contributed by atoms with Gasteiger partial charge in [-0.2, -0.15) is 5.10 Å². The van der Waals surface area contributed by atoms with Crippen molar-refractivity contribution in [3.05, 3.63) is 46.4 Å². The number of amides is 1. The maximum atomic E-state index is 12.0. The molecule has 0 unspecified atom stereocenters. The minimum Gasteiger partial charge on any atom is -0.503 e. The van der Waals surface area contributed by atoms with Crippen molar-refractivity contribution in [1.82, 2.24) is 15.0 Å². The molecule has 0 radical (unpaired) electrons. The lowest BCUT2D eigenvalue weighted by atomic mass is 10.2. The van der Waals surface area contributed by atoms with Gasteiger partial charge < -0.3 is 14.4 Å². The van der Waals surface area contributed by atoms with Crippen molar-refractivity contribution in [2.24, 2.45) is 12.1 Å². The summed E-state index contributed by atoms with van der Waals surface area (Å²) in [6, 6.07) is 11.1. The monoisotopic (exact) mass is 448 g/mol. The van der Waals surface area contributed by atoms with Crippen LogP contribution in [0.4, 0.5) is 0 Å². The van der Waals surface area contributed by atoms with E-state index in [0.29, 0.717) is 15.8 Å². The molecular formula is C18H17BrN4O3S. The van der Waals surface area contributed by atoms with Crippen LogP contribution in [0.15, 0.2) is 51.1 Å². The first-order chi connectivity index (χ1) is 13.0. The van der Waals surface area contributed by atoms with E-state index in [1.165, 1.54) is 25.1 Å². The number of rotatable bonds is 6. The highest BCUT2D eigenvalue weighted by Gasteiger charge is 2.10. The number of para-hydroxylation sites is 2. The molecule has 9 heteroatoms. The number of methoxy groups -OCH3 is 1. The van der Waals surface area contributed by atoms with Gasteiger partial charge in [-0.1, -0.05) is 23.9 Å². The molecule has 0 bridgehead atoms. The van der Waals surface area contributed by atoms with Gasteiger partial charge in [-0.15, -0.1) is 0 Å². The van der Waals surface area contributed by atoms with Crippen molar-refractivity contribution in [2.45, 2.75) is 5.16 Å². The molecule has 2 N–H and O–H groups in total. The van der Waals surface area contributed by atoms with E-state index in [9.17, 15) is 9.90 Å². The van der Waals surface area contributed by atoms with Gasteiger partial charge in [0, 0.05) is 7.05 Å². The number of aromatic nitrogens is 2. The van der Waals surface area contributed by atoms with Gasteiger partial charge in [0.2, 0.25) is 0 Å². The third-order valence-corrected chi connectivity index (χ3v) is 5.39. The number of nitrogens with zero attached hydrogens (tertiary/aromatic N) is 3. The van der Waals surface area contributed by atoms with E-state index in [2.05, 4.69) is 31.4 Å². The third-order valence-electron chi connectivity index (χ3n) is 3.75. The number of imidazole rings is 1. The topological polar surface area (TPSA) is 88.7 Å². The Morgan fingerprint density at radius 2 is 2.22 bits per heavy atom. The zero-order chi connectivity index (χ0) is 19.4. The molecule has 0 aliphatic heterocycles. The molecule has 0 aliphatic carbocycles. The first-order valence-corrected chi connectivity index (χ1v) is 9.70. The number of hydrogen-bond donors (Lipinski definition) is 2. The second-order valence-electron chi connectivity index (χ2n) is 5.58. The fraction of sp³-hybridized carbons (Fsp3) is 0.167. The van der Waals surface area contributed by atoms with Crippen LogP contribution in [-0.2, 0) is 11.8 Å². The summed E-state index contributed by atoms with van der Waals surface area (Å²) in [5.41, 5.74) is 5.06. The minimum atomic E-state index is -0.242. The Morgan fingerprint density at radius 1 is 1.44 bits per heavy atom. The van der Waals surface area contributed by atoms with Crippen LogP contribution in [0.25, 0.3) is 11.0 Å². The van der Waals surface area contributed by atoms with E-state index in [1.54, 1.807) is 12.1 Å². The number of phenols is 1. The van der Waals surface area contributed by atoms with Crippen molar-refractivity contribution < 1.29 is 14.6 Å².